The number of carbonyl (C=O) groups excluding carboxylic acids is 4. The van der Waals surface area contributed by atoms with Crippen molar-refractivity contribution in [3.05, 3.63) is 64.7 Å². The van der Waals surface area contributed by atoms with Crippen molar-refractivity contribution < 1.29 is 19.2 Å². The zero-order chi connectivity index (χ0) is 31.8. The van der Waals surface area contributed by atoms with E-state index in [4.69, 9.17) is 22.3 Å². The molecule has 0 aliphatic carbocycles. The Hall–Kier alpha value is -4.85. The number of para-hydroxylation sites is 1. The number of nitrogens with one attached hydrogen (secondary N) is 5. The van der Waals surface area contributed by atoms with Crippen LogP contribution in [-0.2, 0) is 20.8 Å². The zero-order valence-corrected chi connectivity index (χ0v) is 25.2. The molecule has 4 rings (SSSR count). The lowest BCUT2D eigenvalue weighted by Crippen LogP contribution is -2.55. The van der Waals surface area contributed by atoms with Crippen LogP contribution in [0.5, 0.6) is 0 Å². The Bertz CT molecular complexity index is 1520. The van der Waals surface area contributed by atoms with Crippen LogP contribution in [0.2, 0.25) is 0 Å². The van der Waals surface area contributed by atoms with Gasteiger partial charge in [0.1, 0.15) is 17.9 Å². The number of nitrogen functional groups attached to an aromatic ring is 1. The van der Waals surface area contributed by atoms with E-state index < -0.39 is 24.0 Å². The van der Waals surface area contributed by atoms with E-state index in [9.17, 15) is 19.2 Å². The molecule has 3 atom stereocenters. The number of ketones is 1. The van der Waals surface area contributed by atoms with Crippen molar-refractivity contribution >= 4 is 56.9 Å². The Morgan fingerprint density at radius 2 is 1.77 bits per heavy atom. The molecule has 232 valence electrons. The number of likely N-dealkylation sites (tertiary alicyclic amines) is 1. The van der Waals surface area contributed by atoms with E-state index in [-0.39, 0.29) is 40.8 Å². The van der Waals surface area contributed by atoms with Gasteiger partial charge >= 0.3 is 0 Å². The van der Waals surface area contributed by atoms with E-state index in [1.54, 1.807) is 24.3 Å². The second-order valence-electron chi connectivity index (χ2n) is 10.7. The maximum Gasteiger partial charge on any atom is 0.245 e. The Morgan fingerprint density at radius 3 is 2.43 bits per heavy atom. The maximum atomic E-state index is 13.8. The van der Waals surface area contributed by atoms with Crippen LogP contribution in [0.25, 0.3) is 10.2 Å². The fourth-order valence-electron chi connectivity index (χ4n) is 5.20. The van der Waals surface area contributed by atoms with Crippen LogP contribution in [0, 0.1) is 10.8 Å². The third-order valence-corrected chi connectivity index (χ3v) is 8.39. The Balaban J connectivity index is 1.54. The third kappa shape index (κ3) is 8.16. The first-order chi connectivity index (χ1) is 21.0. The minimum absolute atomic E-state index is 0.0781. The van der Waals surface area contributed by atoms with Gasteiger partial charge in [-0.2, -0.15) is 0 Å². The molecule has 0 radical (unpaired) electrons. The Labute approximate surface area is 258 Å². The predicted octanol–water partition coefficient (Wildman–Crippen LogP) is 1.25. The first kappa shape index (κ1) is 32.1. The van der Waals surface area contributed by atoms with E-state index >= 15 is 0 Å². The normalized spacial score (nSPS) is 15.8. The number of rotatable bonds is 13. The molecule has 3 amide bonds. The molecule has 13 nitrogen and oxygen atoms in total. The number of carbonyl (C=O) groups is 4. The number of benzene rings is 2. The van der Waals surface area contributed by atoms with Gasteiger partial charge in [-0.05, 0) is 43.4 Å². The second kappa shape index (κ2) is 14.6. The number of nitrogens with two attached hydrogens (primary N) is 2. The summed E-state index contributed by atoms with van der Waals surface area (Å²) in [5.74, 6) is -1.83. The average Bonchev–Trinajstić information content (AvgIpc) is 3.65. The van der Waals surface area contributed by atoms with Gasteiger partial charge < -0.3 is 32.3 Å². The molecule has 1 fully saturated rings. The zero-order valence-electron chi connectivity index (χ0n) is 24.4. The Morgan fingerprint density at radius 1 is 1.05 bits per heavy atom. The first-order valence-corrected chi connectivity index (χ1v) is 15.1. The number of hydrogen-bond donors (Lipinski definition) is 7. The van der Waals surface area contributed by atoms with Gasteiger partial charge in [0.15, 0.2) is 11.0 Å². The summed E-state index contributed by atoms with van der Waals surface area (Å²) >= 11 is 1.25. The van der Waals surface area contributed by atoms with Crippen molar-refractivity contribution in [2.24, 2.45) is 11.5 Å². The first-order valence-electron chi connectivity index (χ1n) is 14.3. The maximum absolute atomic E-state index is 13.8. The van der Waals surface area contributed by atoms with Gasteiger partial charge in [-0.15, -0.1) is 11.3 Å². The predicted molar refractivity (Wildman–Crippen MR) is 169 cm³/mol. The highest BCUT2D eigenvalue weighted by Gasteiger charge is 2.39. The van der Waals surface area contributed by atoms with Gasteiger partial charge in [0.05, 0.1) is 16.3 Å². The summed E-state index contributed by atoms with van der Waals surface area (Å²) in [6.45, 7) is 2.01. The summed E-state index contributed by atoms with van der Waals surface area (Å²) in [6.07, 6.45) is 1.91. The van der Waals surface area contributed by atoms with E-state index in [1.807, 2.05) is 24.3 Å². The minimum atomic E-state index is -0.965. The molecule has 0 bridgehead atoms. The number of amidine groups is 1. The average molecular weight is 620 g/mol. The summed E-state index contributed by atoms with van der Waals surface area (Å²) < 4.78 is 0.849. The summed E-state index contributed by atoms with van der Waals surface area (Å²) in [5.41, 5.74) is 12.9. The minimum Gasteiger partial charge on any atom is -0.384 e. The van der Waals surface area contributed by atoms with Crippen LogP contribution >= 0.6 is 11.3 Å². The molecule has 14 heteroatoms. The number of thiazole rings is 1. The fraction of sp³-hybridized carbons (Fsp3) is 0.367. The number of aromatic nitrogens is 1. The van der Waals surface area contributed by atoms with Crippen molar-refractivity contribution in [1.82, 2.24) is 25.8 Å². The van der Waals surface area contributed by atoms with Crippen molar-refractivity contribution in [2.75, 3.05) is 13.1 Å². The molecule has 9 N–H and O–H groups in total. The molecule has 1 aliphatic rings. The van der Waals surface area contributed by atoms with Crippen LogP contribution in [0.3, 0.4) is 0 Å². The Kier molecular flexibility index (Phi) is 10.6. The highest BCUT2D eigenvalue weighted by Crippen LogP contribution is 2.24. The van der Waals surface area contributed by atoms with Crippen molar-refractivity contribution in [3.63, 3.8) is 0 Å². The number of nitrogens with zero attached hydrogens (tertiary/aromatic N) is 2. The van der Waals surface area contributed by atoms with E-state index in [0.717, 1.165) is 10.3 Å². The van der Waals surface area contributed by atoms with Gasteiger partial charge in [-0.1, -0.05) is 36.4 Å². The van der Waals surface area contributed by atoms with E-state index in [1.165, 1.54) is 23.2 Å². The second-order valence-corrected chi connectivity index (χ2v) is 11.7. The topological polar surface area (TPSA) is 220 Å². The number of Topliss-reactive ketones (excluding diaryl/α,β-unsaturated/α-hetero) is 1. The molecule has 1 saturated heterocycles. The van der Waals surface area contributed by atoms with Crippen LogP contribution in [-0.4, -0.2) is 76.4 Å². The molecule has 0 spiro atoms. The lowest BCUT2D eigenvalue weighted by molar-refractivity contribution is -0.141. The van der Waals surface area contributed by atoms with Gasteiger partial charge in [-0.3, -0.25) is 30.0 Å². The molecular formula is C30H37N9O4S. The van der Waals surface area contributed by atoms with Crippen LogP contribution in [0.4, 0.5) is 0 Å². The number of hydrogen-bond acceptors (Lipinski definition) is 8. The van der Waals surface area contributed by atoms with Crippen LogP contribution < -0.4 is 27.4 Å². The van der Waals surface area contributed by atoms with Gasteiger partial charge in [-0.25, -0.2) is 4.98 Å². The standard InChI is InChI=1S/C30H37N9O4S/c1-17(40)36-21(7-4-14-35-30(33)34)29(43)39-15-5-8-23(39)27(42)37-22(16-18-10-12-19(13-11-18)26(31)32)25(41)28-38-20-6-2-3-9-24(20)44-28/h2-3,6,9-13,21-23H,4-5,7-8,14-16H2,1H3,(H3,31,32)(H,36,40)(H,37,42)(H4,33,34,35)/t21-,22-,23-/m0/s1. The number of guanidine groups is 1. The summed E-state index contributed by atoms with van der Waals surface area (Å²) in [6, 6.07) is 11.6. The molecule has 0 unspecified atom stereocenters. The highest BCUT2D eigenvalue weighted by molar-refractivity contribution is 7.20. The molecule has 1 aliphatic heterocycles. The van der Waals surface area contributed by atoms with Crippen molar-refractivity contribution in [3.8, 4) is 0 Å². The summed E-state index contributed by atoms with van der Waals surface area (Å²) in [7, 11) is 0. The molecule has 2 aromatic carbocycles. The van der Waals surface area contributed by atoms with Crippen LogP contribution in [0.1, 0.15) is 53.5 Å². The van der Waals surface area contributed by atoms with Crippen molar-refractivity contribution in [2.45, 2.75) is 57.2 Å². The lowest BCUT2D eigenvalue weighted by Gasteiger charge is -2.29. The van der Waals surface area contributed by atoms with Crippen LogP contribution in [0.15, 0.2) is 48.5 Å². The fourth-order valence-corrected chi connectivity index (χ4v) is 6.16. The van der Waals surface area contributed by atoms with E-state index in [2.05, 4.69) is 20.9 Å². The molecule has 0 saturated carbocycles. The van der Waals surface area contributed by atoms with Gasteiger partial charge in [0, 0.05) is 32.0 Å². The quantitative estimate of drug-likeness (QED) is 0.0637. The number of fused-ring (bicyclic) bond motifs is 1. The lowest BCUT2D eigenvalue weighted by atomic mass is 10.00. The summed E-state index contributed by atoms with van der Waals surface area (Å²) in [5, 5.41) is 23.5. The summed E-state index contributed by atoms with van der Waals surface area (Å²) in [4.78, 5) is 59.0. The smallest absolute Gasteiger partial charge is 0.245 e. The molecule has 3 aromatic rings. The molecule has 1 aromatic heterocycles. The van der Waals surface area contributed by atoms with Crippen molar-refractivity contribution in [1.29, 1.82) is 10.8 Å². The number of amides is 3. The SMILES string of the molecule is CC(=O)N[C@@H](CCCNC(=N)N)C(=O)N1CCC[C@H]1C(=O)N[C@@H](Cc1ccc(C(=N)N)cc1)C(=O)c1nc2ccccc2s1. The largest absolute Gasteiger partial charge is 0.384 e. The highest BCUT2D eigenvalue weighted by atomic mass is 32.1. The third-order valence-electron chi connectivity index (χ3n) is 7.34. The molecule has 44 heavy (non-hydrogen) atoms. The monoisotopic (exact) mass is 619 g/mol. The molecule has 2 heterocycles. The van der Waals surface area contributed by atoms with Gasteiger partial charge in [0.25, 0.3) is 0 Å². The van der Waals surface area contributed by atoms with E-state index in [0.29, 0.717) is 49.9 Å². The van der Waals surface area contributed by atoms with Gasteiger partial charge in [0.2, 0.25) is 23.5 Å². The molecular weight excluding hydrogens is 582 g/mol.